The Balaban J connectivity index is 2.52. The van der Waals surface area contributed by atoms with Gasteiger partial charge in [0, 0.05) is 11.9 Å². The van der Waals surface area contributed by atoms with Gasteiger partial charge < -0.3 is 5.73 Å². The lowest BCUT2D eigenvalue weighted by atomic mass is 10.1. The van der Waals surface area contributed by atoms with Crippen molar-refractivity contribution in [1.82, 2.24) is 9.97 Å². The first-order valence-electron chi connectivity index (χ1n) is 4.26. The van der Waals surface area contributed by atoms with Crippen molar-refractivity contribution in [2.75, 3.05) is 5.73 Å². The van der Waals surface area contributed by atoms with Gasteiger partial charge in [-0.15, -0.1) is 0 Å². The van der Waals surface area contributed by atoms with Gasteiger partial charge in [-0.25, -0.2) is 9.97 Å². The molecule has 2 N–H and O–H groups in total. The monoisotopic (exact) mass is 165 g/mol. The summed E-state index contributed by atoms with van der Waals surface area (Å²) in [6.45, 7) is 4.40. The Bertz CT molecular complexity index is 245. The second-order valence-electron chi connectivity index (χ2n) is 3.34. The van der Waals surface area contributed by atoms with Crippen LogP contribution in [0.25, 0.3) is 0 Å². The van der Waals surface area contributed by atoms with Crippen LogP contribution >= 0.6 is 0 Å². The van der Waals surface area contributed by atoms with Crippen LogP contribution in [0.2, 0.25) is 0 Å². The molecule has 0 bridgehead atoms. The molecule has 0 amide bonds. The van der Waals surface area contributed by atoms with E-state index in [-0.39, 0.29) is 0 Å². The maximum atomic E-state index is 5.44. The van der Waals surface area contributed by atoms with Gasteiger partial charge in [0.25, 0.3) is 0 Å². The van der Waals surface area contributed by atoms with E-state index in [2.05, 4.69) is 23.8 Å². The molecule has 1 aromatic heterocycles. The van der Waals surface area contributed by atoms with Crippen LogP contribution in [0.1, 0.15) is 26.0 Å². The number of nitrogen functional groups attached to an aromatic ring is 1. The van der Waals surface area contributed by atoms with Gasteiger partial charge in [0.05, 0.1) is 0 Å². The summed E-state index contributed by atoms with van der Waals surface area (Å²) in [5, 5.41) is 0. The van der Waals surface area contributed by atoms with Crippen molar-refractivity contribution in [3.63, 3.8) is 0 Å². The highest BCUT2D eigenvalue weighted by atomic mass is 15.0. The third-order valence-electron chi connectivity index (χ3n) is 1.71. The minimum Gasteiger partial charge on any atom is -0.368 e. The van der Waals surface area contributed by atoms with Crippen LogP contribution in [-0.2, 0) is 6.42 Å². The van der Waals surface area contributed by atoms with Crippen LogP contribution in [-0.4, -0.2) is 9.97 Å². The minimum atomic E-state index is 0.372. The first-order valence-corrected chi connectivity index (χ1v) is 4.26. The fourth-order valence-corrected chi connectivity index (χ4v) is 0.989. The SMILES string of the molecule is CC(C)CCc1ccnc(N)n1. The van der Waals surface area contributed by atoms with Crippen LogP contribution in [0.15, 0.2) is 12.3 Å². The first-order chi connectivity index (χ1) is 5.68. The molecule has 0 saturated carbocycles. The van der Waals surface area contributed by atoms with Crippen LogP contribution in [0.3, 0.4) is 0 Å². The van der Waals surface area contributed by atoms with E-state index < -0.39 is 0 Å². The first kappa shape index (κ1) is 8.97. The maximum absolute atomic E-state index is 5.44. The lowest BCUT2D eigenvalue weighted by Gasteiger charge is -2.03. The van der Waals surface area contributed by atoms with Gasteiger partial charge in [-0.05, 0) is 24.8 Å². The Morgan fingerprint density at radius 2 is 2.25 bits per heavy atom. The zero-order valence-electron chi connectivity index (χ0n) is 7.62. The molecule has 0 spiro atoms. The van der Waals surface area contributed by atoms with Crippen molar-refractivity contribution in [1.29, 1.82) is 0 Å². The van der Waals surface area contributed by atoms with Gasteiger partial charge in [-0.3, -0.25) is 0 Å². The van der Waals surface area contributed by atoms with Crippen molar-refractivity contribution >= 4 is 5.95 Å². The van der Waals surface area contributed by atoms with Gasteiger partial charge in [0.15, 0.2) is 0 Å². The molecule has 0 radical (unpaired) electrons. The molecule has 0 aliphatic carbocycles. The highest BCUT2D eigenvalue weighted by Crippen LogP contribution is 2.06. The lowest BCUT2D eigenvalue weighted by molar-refractivity contribution is 0.581. The predicted octanol–water partition coefficient (Wildman–Crippen LogP) is 1.65. The molecule has 1 heterocycles. The zero-order chi connectivity index (χ0) is 8.97. The van der Waals surface area contributed by atoms with E-state index in [1.807, 2.05) is 6.07 Å². The molecule has 0 aliphatic heterocycles. The molecule has 1 aromatic rings. The minimum absolute atomic E-state index is 0.372. The van der Waals surface area contributed by atoms with E-state index in [0.717, 1.165) is 18.5 Å². The molecule has 0 atom stereocenters. The Hall–Kier alpha value is -1.12. The van der Waals surface area contributed by atoms with Crippen LogP contribution in [0, 0.1) is 5.92 Å². The third-order valence-corrected chi connectivity index (χ3v) is 1.71. The molecular weight excluding hydrogens is 150 g/mol. The lowest BCUT2D eigenvalue weighted by Crippen LogP contribution is -1.99. The summed E-state index contributed by atoms with van der Waals surface area (Å²) in [7, 11) is 0. The van der Waals surface area contributed by atoms with Crippen molar-refractivity contribution in [3.05, 3.63) is 18.0 Å². The molecule has 0 unspecified atom stereocenters. The predicted molar refractivity (Wildman–Crippen MR) is 49.6 cm³/mol. The molecule has 0 aliphatic rings. The van der Waals surface area contributed by atoms with Gasteiger partial charge in [0.2, 0.25) is 5.95 Å². The van der Waals surface area contributed by atoms with Crippen molar-refractivity contribution in [2.45, 2.75) is 26.7 Å². The Kier molecular flexibility index (Phi) is 3.02. The summed E-state index contributed by atoms with van der Waals surface area (Å²) in [5.41, 5.74) is 6.48. The van der Waals surface area contributed by atoms with Gasteiger partial charge in [-0.1, -0.05) is 13.8 Å². The number of hydrogen-bond donors (Lipinski definition) is 1. The number of hydrogen-bond acceptors (Lipinski definition) is 3. The Morgan fingerprint density at radius 1 is 1.50 bits per heavy atom. The van der Waals surface area contributed by atoms with Crippen molar-refractivity contribution < 1.29 is 0 Å². The number of aryl methyl sites for hydroxylation is 1. The molecule has 3 heteroatoms. The van der Waals surface area contributed by atoms with Crippen LogP contribution in [0.5, 0.6) is 0 Å². The summed E-state index contributed by atoms with van der Waals surface area (Å²) in [6, 6.07) is 1.92. The number of rotatable bonds is 3. The Morgan fingerprint density at radius 3 is 2.83 bits per heavy atom. The summed E-state index contributed by atoms with van der Waals surface area (Å²) >= 11 is 0. The summed E-state index contributed by atoms with van der Waals surface area (Å²) in [6.07, 6.45) is 3.85. The molecule has 0 saturated heterocycles. The zero-order valence-corrected chi connectivity index (χ0v) is 7.62. The second-order valence-corrected chi connectivity index (χ2v) is 3.34. The number of aromatic nitrogens is 2. The molecule has 0 aromatic carbocycles. The van der Waals surface area contributed by atoms with E-state index in [1.54, 1.807) is 6.20 Å². The molecule has 3 nitrogen and oxygen atoms in total. The van der Waals surface area contributed by atoms with Crippen LogP contribution < -0.4 is 5.73 Å². The number of anilines is 1. The van der Waals surface area contributed by atoms with E-state index in [1.165, 1.54) is 0 Å². The van der Waals surface area contributed by atoms with Crippen LogP contribution in [0.4, 0.5) is 5.95 Å². The number of nitrogens with two attached hydrogens (primary N) is 1. The highest BCUT2D eigenvalue weighted by molar-refractivity contribution is 5.17. The molecule has 0 fully saturated rings. The van der Waals surface area contributed by atoms with E-state index in [9.17, 15) is 0 Å². The quantitative estimate of drug-likeness (QED) is 0.740. The van der Waals surface area contributed by atoms with Crippen molar-refractivity contribution in [3.8, 4) is 0 Å². The van der Waals surface area contributed by atoms with Gasteiger partial charge in [-0.2, -0.15) is 0 Å². The highest BCUT2D eigenvalue weighted by Gasteiger charge is 1.98. The molecule has 1 rings (SSSR count). The maximum Gasteiger partial charge on any atom is 0.220 e. The normalized spacial score (nSPS) is 10.6. The fraction of sp³-hybridized carbons (Fsp3) is 0.556. The molecule has 12 heavy (non-hydrogen) atoms. The van der Waals surface area contributed by atoms with Crippen molar-refractivity contribution in [2.24, 2.45) is 5.92 Å². The third kappa shape index (κ3) is 2.86. The number of nitrogens with zero attached hydrogens (tertiary/aromatic N) is 2. The fourth-order valence-electron chi connectivity index (χ4n) is 0.989. The molecule has 66 valence electrons. The van der Waals surface area contributed by atoms with E-state index >= 15 is 0 Å². The van der Waals surface area contributed by atoms with E-state index in [4.69, 9.17) is 5.73 Å². The second kappa shape index (κ2) is 4.04. The topological polar surface area (TPSA) is 51.8 Å². The largest absolute Gasteiger partial charge is 0.368 e. The molecular formula is C9H15N3. The summed E-state index contributed by atoms with van der Waals surface area (Å²) < 4.78 is 0. The van der Waals surface area contributed by atoms with Gasteiger partial charge in [0.1, 0.15) is 0 Å². The van der Waals surface area contributed by atoms with Gasteiger partial charge >= 0.3 is 0 Å². The standard InChI is InChI=1S/C9H15N3/c1-7(2)3-4-8-5-6-11-9(10)12-8/h5-7H,3-4H2,1-2H3,(H2,10,11,12). The average molecular weight is 165 g/mol. The smallest absolute Gasteiger partial charge is 0.220 e. The Labute approximate surface area is 73.0 Å². The summed E-state index contributed by atoms with van der Waals surface area (Å²) in [4.78, 5) is 7.95. The van der Waals surface area contributed by atoms with E-state index in [0.29, 0.717) is 11.9 Å². The summed E-state index contributed by atoms with van der Waals surface area (Å²) in [5.74, 6) is 1.08. The average Bonchev–Trinajstić information content (AvgIpc) is 2.01.